The predicted octanol–water partition coefficient (Wildman–Crippen LogP) is 6.22. The Hall–Kier alpha value is -1.87. The van der Waals surface area contributed by atoms with Gasteiger partial charge in [-0.1, -0.05) is 28.1 Å². The van der Waals surface area contributed by atoms with Crippen LogP contribution in [0.25, 0.3) is 5.57 Å². The van der Waals surface area contributed by atoms with Crippen molar-refractivity contribution in [3.63, 3.8) is 0 Å². The van der Waals surface area contributed by atoms with Gasteiger partial charge in [0.25, 0.3) is 0 Å². The van der Waals surface area contributed by atoms with Gasteiger partial charge in [0, 0.05) is 28.5 Å². The van der Waals surface area contributed by atoms with Crippen LogP contribution in [0, 0.1) is 0 Å². The standard InChI is InChI=1S/C21H23BrN2/c1-5-24-20-11-6-16(12-19(20)15(2)13-21(24,3)4)14-23-18-9-7-17(22)8-10-18/h6-14H,5H2,1-4H3. The Bertz CT molecular complexity index is 801. The summed E-state index contributed by atoms with van der Waals surface area (Å²) in [6, 6.07) is 14.6. The Morgan fingerprint density at radius 3 is 2.50 bits per heavy atom. The average molecular weight is 383 g/mol. The Kier molecular flexibility index (Phi) is 4.64. The normalized spacial score (nSPS) is 16.2. The number of likely N-dealkylation sites (N-methyl/N-ethyl adjacent to an activating group) is 1. The summed E-state index contributed by atoms with van der Waals surface area (Å²) in [6.07, 6.45) is 4.29. The van der Waals surface area contributed by atoms with Crippen LogP contribution in [-0.2, 0) is 0 Å². The second kappa shape index (κ2) is 6.56. The summed E-state index contributed by atoms with van der Waals surface area (Å²) >= 11 is 3.45. The number of fused-ring (bicyclic) bond motifs is 1. The van der Waals surface area contributed by atoms with Crippen LogP contribution in [-0.4, -0.2) is 18.3 Å². The molecule has 0 spiro atoms. The first-order valence-corrected chi connectivity index (χ1v) is 9.11. The molecule has 124 valence electrons. The van der Waals surface area contributed by atoms with E-state index in [2.05, 4.69) is 77.8 Å². The van der Waals surface area contributed by atoms with Crippen LogP contribution in [0.5, 0.6) is 0 Å². The van der Waals surface area contributed by atoms with Gasteiger partial charge >= 0.3 is 0 Å². The Morgan fingerprint density at radius 1 is 1.12 bits per heavy atom. The number of rotatable bonds is 3. The van der Waals surface area contributed by atoms with Crippen molar-refractivity contribution in [3.05, 3.63) is 64.1 Å². The number of benzene rings is 2. The van der Waals surface area contributed by atoms with Crippen molar-refractivity contribution in [2.24, 2.45) is 4.99 Å². The van der Waals surface area contributed by atoms with Crippen molar-refractivity contribution in [1.82, 2.24) is 0 Å². The van der Waals surface area contributed by atoms with Crippen molar-refractivity contribution < 1.29 is 0 Å². The van der Waals surface area contributed by atoms with Gasteiger partial charge in [0.2, 0.25) is 0 Å². The number of anilines is 1. The van der Waals surface area contributed by atoms with E-state index < -0.39 is 0 Å². The summed E-state index contributed by atoms with van der Waals surface area (Å²) in [5.41, 5.74) is 6.08. The molecular formula is C21H23BrN2. The van der Waals surface area contributed by atoms with Gasteiger partial charge in [0.15, 0.2) is 0 Å². The molecule has 0 aliphatic carbocycles. The van der Waals surface area contributed by atoms with Gasteiger partial charge in [-0.2, -0.15) is 0 Å². The minimum absolute atomic E-state index is 0.0544. The molecule has 1 aliphatic rings. The van der Waals surface area contributed by atoms with Crippen LogP contribution in [0.15, 0.2) is 58.0 Å². The molecule has 2 nitrogen and oxygen atoms in total. The van der Waals surface area contributed by atoms with Gasteiger partial charge in [0.1, 0.15) is 0 Å². The molecule has 0 N–H and O–H groups in total. The number of nitrogens with zero attached hydrogens (tertiary/aromatic N) is 2. The van der Waals surface area contributed by atoms with Crippen molar-refractivity contribution in [1.29, 1.82) is 0 Å². The molecule has 0 aromatic heterocycles. The fourth-order valence-electron chi connectivity index (χ4n) is 3.44. The van der Waals surface area contributed by atoms with E-state index in [0.717, 1.165) is 22.3 Å². The van der Waals surface area contributed by atoms with E-state index in [1.54, 1.807) is 0 Å². The zero-order valence-electron chi connectivity index (χ0n) is 14.7. The summed E-state index contributed by atoms with van der Waals surface area (Å²) < 4.78 is 1.07. The van der Waals surface area contributed by atoms with Crippen LogP contribution >= 0.6 is 15.9 Å². The summed E-state index contributed by atoms with van der Waals surface area (Å²) in [5, 5.41) is 0. The molecule has 0 atom stereocenters. The second-order valence-corrected chi connectivity index (χ2v) is 7.65. The minimum Gasteiger partial charge on any atom is -0.363 e. The number of hydrogen-bond acceptors (Lipinski definition) is 2. The van der Waals surface area contributed by atoms with Crippen LogP contribution in [0.2, 0.25) is 0 Å². The van der Waals surface area contributed by atoms with Gasteiger partial charge in [-0.15, -0.1) is 0 Å². The van der Waals surface area contributed by atoms with Crippen LogP contribution in [0.1, 0.15) is 38.8 Å². The van der Waals surface area contributed by atoms with Gasteiger partial charge in [-0.05, 0) is 75.2 Å². The molecule has 1 aliphatic heterocycles. The molecule has 0 amide bonds. The second-order valence-electron chi connectivity index (χ2n) is 6.74. The van der Waals surface area contributed by atoms with Gasteiger partial charge in [0.05, 0.1) is 11.2 Å². The molecular weight excluding hydrogens is 360 g/mol. The van der Waals surface area contributed by atoms with Crippen molar-refractivity contribution in [3.8, 4) is 0 Å². The summed E-state index contributed by atoms with van der Waals surface area (Å²) in [4.78, 5) is 7.03. The van der Waals surface area contributed by atoms with Crippen LogP contribution in [0.4, 0.5) is 11.4 Å². The third-order valence-corrected chi connectivity index (χ3v) is 5.04. The highest BCUT2D eigenvalue weighted by Gasteiger charge is 2.29. The Balaban J connectivity index is 1.94. The van der Waals surface area contributed by atoms with E-state index in [0.29, 0.717) is 0 Å². The number of halogens is 1. The smallest absolute Gasteiger partial charge is 0.0630 e. The molecule has 0 radical (unpaired) electrons. The van der Waals surface area contributed by atoms with Crippen LogP contribution in [0.3, 0.4) is 0 Å². The highest BCUT2D eigenvalue weighted by molar-refractivity contribution is 9.10. The number of hydrogen-bond donors (Lipinski definition) is 0. The fraction of sp³-hybridized carbons (Fsp3) is 0.286. The van der Waals surface area contributed by atoms with Crippen molar-refractivity contribution in [2.75, 3.05) is 11.4 Å². The maximum absolute atomic E-state index is 4.58. The fourth-order valence-corrected chi connectivity index (χ4v) is 3.70. The Morgan fingerprint density at radius 2 is 1.83 bits per heavy atom. The van der Waals surface area contributed by atoms with Crippen molar-refractivity contribution >= 4 is 39.1 Å². The lowest BCUT2D eigenvalue weighted by Crippen LogP contribution is -2.44. The lowest BCUT2D eigenvalue weighted by atomic mass is 9.88. The van der Waals surface area contributed by atoms with Gasteiger partial charge < -0.3 is 4.90 Å². The molecule has 24 heavy (non-hydrogen) atoms. The zero-order valence-corrected chi connectivity index (χ0v) is 16.3. The quantitative estimate of drug-likeness (QED) is 0.575. The molecule has 0 saturated carbocycles. The maximum Gasteiger partial charge on any atom is 0.0630 e. The van der Waals surface area contributed by atoms with E-state index >= 15 is 0 Å². The van der Waals surface area contributed by atoms with Gasteiger partial charge in [-0.3, -0.25) is 4.99 Å². The maximum atomic E-state index is 4.58. The SMILES string of the molecule is CCN1c2ccc(C=Nc3ccc(Br)cc3)cc2C(C)=CC1(C)C. The first-order valence-electron chi connectivity index (χ1n) is 8.32. The predicted molar refractivity (Wildman–Crippen MR) is 109 cm³/mol. The first kappa shape index (κ1) is 17.0. The monoisotopic (exact) mass is 382 g/mol. The zero-order chi connectivity index (χ0) is 17.3. The average Bonchev–Trinajstić information content (AvgIpc) is 2.54. The lowest BCUT2D eigenvalue weighted by Gasteiger charge is -2.42. The van der Waals surface area contributed by atoms with E-state index in [1.807, 2.05) is 30.5 Å². The molecule has 3 rings (SSSR count). The molecule has 0 saturated heterocycles. The van der Waals surface area contributed by atoms with Gasteiger partial charge in [-0.25, -0.2) is 0 Å². The van der Waals surface area contributed by atoms with Crippen molar-refractivity contribution in [2.45, 2.75) is 33.2 Å². The topological polar surface area (TPSA) is 15.6 Å². The minimum atomic E-state index is 0.0544. The molecule has 0 unspecified atom stereocenters. The molecule has 3 heteroatoms. The highest BCUT2D eigenvalue weighted by atomic mass is 79.9. The summed E-state index contributed by atoms with van der Waals surface area (Å²) in [6.45, 7) is 9.94. The first-order chi connectivity index (χ1) is 11.4. The number of aliphatic imine (C=N–C) groups is 1. The summed E-state index contributed by atoms with van der Waals surface area (Å²) in [5.74, 6) is 0. The Labute approximate surface area is 153 Å². The van der Waals surface area contributed by atoms with E-state index in [1.165, 1.54) is 16.8 Å². The third-order valence-electron chi connectivity index (χ3n) is 4.51. The lowest BCUT2D eigenvalue weighted by molar-refractivity contribution is 0.566. The van der Waals surface area contributed by atoms with E-state index in [4.69, 9.17) is 0 Å². The molecule has 0 bridgehead atoms. The highest BCUT2D eigenvalue weighted by Crippen LogP contribution is 2.38. The van der Waals surface area contributed by atoms with E-state index in [-0.39, 0.29) is 5.54 Å². The molecule has 1 heterocycles. The molecule has 0 fully saturated rings. The van der Waals surface area contributed by atoms with E-state index in [9.17, 15) is 0 Å². The largest absolute Gasteiger partial charge is 0.363 e. The third kappa shape index (κ3) is 3.32. The number of allylic oxidation sites excluding steroid dienone is 1. The van der Waals surface area contributed by atoms with Crippen LogP contribution < -0.4 is 4.90 Å². The summed E-state index contributed by atoms with van der Waals surface area (Å²) in [7, 11) is 0. The molecule has 2 aromatic rings. The molecule has 2 aromatic carbocycles.